The molecule has 3 atom stereocenters. The molecule has 1 saturated heterocycles. The van der Waals surface area contributed by atoms with Gasteiger partial charge >= 0.3 is 12.2 Å². The number of benzene rings is 2. The van der Waals surface area contributed by atoms with Crippen molar-refractivity contribution in [1.82, 2.24) is 4.90 Å². The molecule has 0 spiro atoms. The second kappa shape index (κ2) is 9.70. The van der Waals surface area contributed by atoms with Gasteiger partial charge in [-0.25, -0.2) is 4.79 Å². The van der Waals surface area contributed by atoms with Gasteiger partial charge in [-0.1, -0.05) is 17.7 Å². The number of likely N-dealkylation sites (tertiary alicyclic amines) is 1. The third kappa shape index (κ3) is 5.23. The fraction of sp³-hybridized carbons (Fsp3) is 0.517. The third-order valence-corrected chi connectivity index (χ3v) is 9.50. The Balaban J connectivity index is 1.05. The van der Waals surface area contributed by atoms with Crippen molar-refractivity contribution in [3.63, 3.8) is 0 Å². The van der Waals surface area contributed by atoms with Crippen molar-refractivity contribution >= 4 is 34.9 Å². The smallest absolute Gasteiger partial charge is 0.390 e. The van der Waals surface area contributed by atoms with Crippen molar-refractivity contribution in [3.05, 3.63) is 58.6 Å². The van der Waals surface area contributed by atoms with Crippen LogP contribution >= 0.6 is 11.6 Å². The predicted octanol–water partition coefficient (Wildman–Crippen LogP) is 6.33. The Morgan fingerprint density at radius 1 is 1.03 bits per heavy atom. The molecule has 1 heterocycles. The van der Waals surface area contributed by atoms with Crippen LogP contribution in [0.15, 0.2) is 42.5 Å². The Labute approximate surface area is 229 Å². The second-order valence-electron chi connectivity index (χ2n) is 11.9. The average Bonchev–Trinajstić information content (AvgIpc) is 3.19. The molecule has 3 unspecified atom stereocenters. The molecule has 4 aliphatic carbocycles. The molecule has 39 heavy (non-hydrogen) atoms. The number of halogens is 4. The number of urea groups is 1. The highest BCUT2D eigenvalue weighted by Gasteiger charge is 2.57. The van der Waals surface area contributed by atoms with Crippen LogP contribution in [0.1, 0.15) is 49.7 Å². The van der Waals surface area contributed by atoms with Crippen molar-refractivity contribution in [1.29, 1.82) is 0 Å². The van der Waals surface area contributed by atoms with Gasteiger partial charge in [0.2, 0.25) is 5.91 Å². The number of alkyl halides is 3. The minimum atomic E-state index is -4.45. The van der Waals surface area contributed by atoms with Gasteiger partial charge in [-0.05, 0) is 105 Å². The first kappa shape index (κ1) is 26.4. The lowest BCUT2D eigenvalue weighted by Crippen LogP contribution is -2.62. The number of rotatable bonds is 5. The minimum Gasteiger partial charge on any atom is -0.390 e. The first-order chi connectivity index (χ1) is 18.5. The SMILES string of the molecule is O=C(Nc1ccc(C(F)(F)F)cc1)Nc1ccc(CC2CCN(C3C4CC5CC3CC(O)(C5)C4)C2=O)c(Cl)c1. The number of nitrogens with zero attached hydrogens (tertiary/aromatic N) is 1. The average molecular weight is 562 g/mol. The third-order valence-electron chi connectivity index (χ3n) is 9.15. The van der Waals surface area contributed by atoms with E-state index in [9.17, 15) is 27.9 Å². The molecule has 0 aromatic heterocycles. The van der Waals surface area contributed by atoms with Crippen LogP contribution in [0.3, 0.4) is 0 Å². The molecular weight excluding hydrogens is 531 g/mol. The van der Waals surface area contributed by atoms with Crippen LogP contribution in [0.2, 0.25) is 5.02 Å². The maximum absolute atomic E-state index is 13.5. The lowest BCUT2D eigenvalue weighted by atomic mass is 9.52. The molecule has 7 rings (SSSR count). The zero-order valence-corrected chi connectivity index (χ0v) is 22.1. The molecule has 2 aromatic rings. The summed E-state index contributed by atoms with van der Waals surface area (Å²) >= 11 is 6.53. The number of hydrogen-bond donors (Lipinski definition) is 3. The van der Waals surface area contributed by atoms with E-state index in [2.05, 4.69) is 15.5 Å². The molecule has 0 radical (unpaired) electrons. The predicted molar refractivity (Wildman–Crippen MR) is 141 cm³/mol. The van der Waals surface area contributed by atoms with Gasteiger partial charge in [0, 0.05) is 34.9 Å². The zero-order valence-electron chi connectivity index (χ0n) is 21.3. The first-order valence-electron chi connectivity index (χ1n) is 13.5. The van der Waals surface area contributed by atoms with Crippen molar-refractivity contribution < 1.29 is 27.9 Å². The van der Waals surface area contributed by atoms with Gasteiger partial charge in [0.25, 0.3) is 0 Å². The molecule has 5 fully saturated rings. The molecule has 2 aromatic carbocycles. The van der Waals surface area contributed by atoms with E-state index >= 15 is 0 Å². The molecular formula is C29H31ClF3N3O3. The van der Waals surface area contributed by atoms with Crippen LogP contribution in [0.5, 0.6) is 0 Å². The largest absolute Gasteiger partial charge is 0.416 e. The summed E-state index contributed by atoms with van der Waals surface area (Å²) in [6.07, 6.45) is 1.62. The summed E-state index contributed by atoms with van der Waals surface area (Å²) in [5.74, 6) is 1.41. The van der Waals surface area contributed by atoms with Crippen LogP contribution in [-0.2, 0) is 17.4 Å². The van der Waals surface area contributed by atoms with Gasteiger partial charge in [-0.2, -0.15) is 13.2 Å². The molecule has 208 valence electrons. The molecule has 10 heteroatoms. The van der Waals surface area contributed by atoms with Gasteiger partial charge < -0.3 is 20.6 Å². The summed E-state index contributed by atoms with van der Waals surface area (Å²) in [7, 11) is 0. The molecule has 4 bridgehead atoms. The van der Waals surface area contributed by atoms with E-state index in [1.165, 1.54) is 12.1 Å². The Morgan fingerprint density at radius 2 is 1.67 bits per heavy atom. The van der Waals surface area contributed by atoms with E-state index in [0.717, 1.165) is 62.8 Å². The zero-order chi connectivity index (χ0) is 27.5. The van der Waals surface area contributed by atoms with Crippen molar-refractivity contribution in [3.8, 4) is 0 Å². The van der Waals surface area contributed by atoms with Gasteiger partial charge in [-0.15, -0.1) is 0 Å². The standard InChI is InChI=1S/C29H31ClF3N3O3/c30-24-12-23(35-27(38)34-22-5-2-21(3-6-22)29(31,32)33)4-1-17(24)11-18-7-8-36(26(18)37)25-19-9-16-10-20(25)15-28(39,13-16)14-19/h1-6,12,16,18-20,25,39H,7-11,13-15H2,(H2,34,35,38). The maximum atomic E-state index is 13.5. The number of carbonyl (C=O) groups is 2. The highest BCUT2D eigenvalue weighted by molar-refractivity contribution is 6.31. The molecule has 1 aliphatic heterocycles. The molecule has 4 saturated carbocycles. The Morgan fingerprint density at radius 3 is 2.28 bits per heavy atom. The fourth-order valence-electron chi connectivity index (χ4n) is 7.80. The molecule has 3 N–H and O–H groups in total. The summed E-state index contributed by atoms with van der Waals surface area (Å²) in [5, 5.41) is 16.5. The van der Waals surface area contributed by atoms with Crippen LogP contribution in [0, 0.1) is 23.7 Å². The van der Waals surface area contributed by atoms with Gasteiger partial charge in [0.05, 0.1) is 11.2 Å². The van der Waals surface area contributed by atoms with Crippen molar-refractivity contribution in [2.24, 2.45) is 23.7 Å². The number of anilines is 2. The number of carbonyl (C=O) groups excluding carboxylic acids is 2. The number of hydrogen-bond acceptors (Lipinski definition) is 3. The lowest BCUT2D eigenvalue weighted by molar-refractivity contribution is -0.168. The summed E-state index contributed by atoms with van der Waals surface area (Å²) in [4.78, 5) is 27.9. The summed E-state index contributed by atoms with van der Waals surface area (Å²) in [6.45, 7) is 0.742. The normalized spacial score (nSPS) is 31.6. The number of amides is 3. The highest BCUT2D eigenvalue weighted by Crippen LogP contribution is 2.57. The molecule has 5 aliphatic rings. The van der Waals surface area contributed by atoms with Crippen molar-refractivity contribution in [2.75, 3.05) is 17.2 Å². The van der Waals surface area contributed by atoms with E-state index in [1.54, 1.807) is 18.2 Å². The summed E-state index contributed by atoms with van der Waals surface area (Å²) in [6, 6.07) is 8.91. The van der Waals surface area contributed by atoms with Crippen LogP contribution in [-0.4, -0.2) is 40.1 Å². The summed E-state index contributed by atoms with van der Waals surface area (Å²) < 4.78 is 38.2. The maximum Gasteiger partial charge on any atom is 0.416 e. The quantitative estimate of drug-likeness (QED) is 0.399. The van der Waals surface area contributed by atoms with Crippen molar-refractivity contribution in [2.45, 2.75) is 62.8 Å². The summed E-state index contributed by atoms with van der Waals surface area (Å²) in [5.41, 5.74) is 0.161. The Bertz CT molecular complexity index is 1270. The number of nitrogens with one attached hydrogen (secondary N) is 2. The topological polar surface area (TPSA) is 81.7 Å². The molecule has 3 amide bonds. The van der Waals surface area contributed by atoms with E-state index in [1.807, 2.05) is 0 Å². The van der Waals surface area contributed by atoms with E-state index in [-0.39, 0.29) is 23.6 Å². The number of aliphatic hydroxyl groups is 1. The fourth-order valence-corrected chi connectivity index (χ4v) is 8.06. The lowest BCUT2D eigenvalue weighted by Gasteiger charge is -2.59. The monoisotopic (exact) mass is 561 g/mol. The minimum absolute atomic E-state index is 0.149. The highest BCUT2D eigenvalue weighted by atomic mass is 35.5. The Kier molecular flexibility index (Phi) is 6.57. The van der Waals surface area contributed by atoms with Gasteiger partial charge in [-0.3, -0.25) is 4.79 Å². The van der Waals surface area contributed by atoms with Gasteiger partial charge in [0.15, 0.2) is 0 Å². The van der Waals surface area contributed by atoms with Crippen LogP contribution < -0.4 is 10.6 Å². The van der Waals surface area contributed by atoms with Gasteiger partial charge in [0.1, 0.15) is 0 Å². The van der Waals surface area contributed by atoms with E-state index < -0.39 is 23.4 Å². The molecule has 6 nitrogen and oxygen atoms in total. The Hall–Kier alpha value is -2.78. The van der Waals surface area contributed by atoms with Crippen LogP contribution in [0.25, 0.3) is 0 Å². The van der Waals surface area contributed by atoms with E-state index in [0.29, 0.717) is 34.9 Å². The van der Waals surface area contributed by atoms with Crippen LogP contribution in [0.4, 0.5) is 29.3 Å². The first-order valence-corrected chi connectivity index (χ1v) is 13.9. The van der Waals surface area contributed by atoms with E-state index in [4.69, 9.17) is 11.6 Å². The second-order valence-corrected chi connectivity index (χ2v) is 12.3.